The van der Waals surface area contributed by atoms with Crippen LogP contribution >= 0.6 is 11.3 Å². The molecule has 1 aliphatic heterocycles. The van der Waals surface area contributed by atoms with Crippen LogP contribution in [0.5, 0.6) is 5.75 Å². The Balaban J connectivity index is 1.51. The third-order valence-electron chi connectivity index (χ3n) is 3.42. The largest absolute Gasteiger partial charge is 0.487 e. The van der Waals surface area contributed by atoms with Gasteiger partial charge in [0.15, 0.2) is 0 Å². The molecule has 0 bridgehead atoms. The van der Waals surface area contributed by atoms with Gasteiger partial charge in [0.25, 0.3) is 0 Å². The molecule has 1 aromatic heterocycles. The number of thiazole rings is 1. The zero-order valence-electron chi connectivity index (χ0n) is 12.7. The Morgan fingerprint density at radius 3 is 3.26 bits per heavy atom. The van der Waals surface area contributed by atoms with Gasteiger partial charge in [-0.1, -0.05) is 6.07 Å². The van der Waals surface area contributed by atoms with Gasteiger partial charge < -0.3 is 20.1 Å². The third kappa shape index (κ3) is 5.02. The van der Waals surface area contributed by atoms with Gasteiger partial charge in [0.2, 0.25) is 5.91 Å². The lowest BCUT2D eigenvalue weighted by Crippen LogP contribution is -2.43. The van der Waals surface area contributed by atoms with E-state index in [0.29, 0.717) is 32.0 Å². The molecule has 2 N–H and O–H groups in total. The highest BCUT2D eigenvalue weighted by molar-refractivity contribution is 7.07. The number of nitrogens with one attached hydrogen (secondary N) is 2. The Hall–Kier alpha value is -1.96. The van der Waals surface area contributed by atoms with Crippen molar-refractivity contribution in [3.63, 3.8) is 0 Å². The number of hydrogen-bond acceptors (Lipinski definition) is 6. The van der Waals surface area contributed by atoms with Crippen LogP contribution in [-0.4, -0.2) is 36.7 Å². The van der Waals surface area contributed by atoms with Crippen molar-refractivity contribution in [2.75, 3.05) is 25.1 Å². The maximum Gasteiger partial charge on any atom is 0.226 e. The molecule has 0 radical (unpaired) electrons. The van der Waals surface area contributed by atoms with Crippen molar-refractivity contribution in [3.8, 4) is 5.75 Å². The van der Waals surface area contributed by atoms with Gasteiger partial charge in [-0.15, -0.1) is 11.3 Å². The highest BCUT2D eigenvalue weighted by Crippen LogP contribution is 2.19. The molecule has 1 aromatic carbocycles. The summed E-state index contributed by atoms with van der Waals surface area (Å²) in [6, 6.07) is 7.45. The van der Waals surface area contributed by atoms with E-state index in [4.69, 9.17) is 9.47 Å². The van der Waals surface area contributed by atoms with Crippen LogP contribution in [0.15, 0.2) is 35.2 Å². The Morgan fingerprint density at radius 2 is 2.48 bits per heavy atom. The number of morpholine rings is 1. The predicted molar refractivity (Wildman–Crippen MR) is 88.7 cm³/mol. The summed E-state index contributed by atoms with van der Waals surface area (Å²) in [7, 11) is 0. The van der Waals surface area contributed by atoms with Crippen LogP contribution in [-0.2, 0) is 16.1 Å². The number of amides is 1. The van der Waals surface area contributed by atoms with Crippen LogP contribution in [0.4, 0.5) is 5.69 Å². The Labute approximate surface area is 138 Å². The van der Waals surface area contributed by atoms with Crippen molar-refractivity contribution < 1.29 is 14.3 Å². The van der Waals surface area contributed by atoms with Gasteiger partial charge in [0, 0.05) is 36.1 Å². The molecule has 1 aliphatic rings. The molecule has 1 amide bonds. The lowest BCUT2D eigenvalue weighted by molar-refractivity contribution is -0.117. The van der Waals surface area contributed by atoms with Gasteiger partial charge in [0.1, 0.15) is 12.4 Å². The Bertz CT molecular complexity index is 627. The SMILES string of the molecule is O=C(CC1COCCN1)Nc1cccc(OCc2cscn2)c1. The second kappa shape index (κ2) is 8.05. The van der Waals surface area contributed by atoms with Gasteiger partial charge in [-0.05, 0) is 12.1 Å². The summed E-state index contributed by atoms with van der Waals surface area (Å²) in [5.74, 6) is 0.666. The van der Waals surface area contributed by atoms with Crippen LogP contribution in [0.2, 0.25) is 0 Å². The lowest BCUT2D eigenvalue weighted by Gasteiger charge is -2.23. The van der Waals surface area contributed by atoms with Crippen LogP contribution in [0.3, 0.4) is 0 Å². The Kier molecular flexibility index (Phi) is 5.57. The van der Waals surface area contributed by atoms with E-state index in [1.807, 2.05) is 29.6 Å². The lowest BCUT2D eigenvalue weighted by atomic mass is 10.2. The molecule has 0 aliphatic carbocycles. The number of carbonyl (C=O) groups is 1. The van der Waals surface area contributed by atoms with E-state index in [2.05, 4.69) is 15.6 Å². The number of hydrogen-bond donors (Lipinski definition) is 2. The minimum Gasteiger partial charge on any atom is -0.487 e. The van der Waals surface area contributed by atoms with E-state index in [-0.39, 0.29) is 11.9 Å². The van der Waals surface area contributed by atoms with Crippen LogP contribution in [0.25, 0.3) is 0 Å². The van der Waals surface area contributed by atoms with E-state index in [1.54, 1.807) is 5.51 Å². The number of aromatic nitrogens is 1. The van der Waals surface area contributed by atoms with E-state index < -0.39 is 0 Å². The number of carbonyl (C=O) groups excluding carboxylic acids is 1. The molecule has 0 saturated carbocycles. The summed E-state index contributed by atoms with van der Waals surface area (Å²) in [6.45, 7) is 2.49. The summed E-state index contributed by atoms with van der Waals surface area (Å²) in [5.41, 5.74) is 3.40. The fraction of sp³-hybridized carbons (Fsp3) is 0.375. The molecule has 122 valence electrons. The number of rotatable bonds is 6. The van der Waals surface area contributed by atoms with E-state index in [9.17, 15) is 4.79 Å². The molecule has 6 nitrogen and oxygen atoms in total. The second-order valence-corrected chi connectivity index (χ2v) is 5.99. The van der Waals surface area contributed by atoms with E-state index in [0.717, 1.165) is 17.9 Å². The van der Waals surface area contributed by atoms with Gasteiger partial charge in [-0.25, -0.2) is 4.98 Å². The van der Waals surface area contributed by atoms with Crippen molar-refractivity contribution in [1.82, 2.24) is 10.3 Å². The fourth-order valence-corrected chi connectivity index (χ4v) is 2.86. The fourth-order valence-electron chi connectivity index (χ4n) is 2.32. The number of ether oxygens (including phenoxy) is 2. The minimum atomic E-state index is -0.0374. The van der Waals surface area contributed by atoms with Gasteiger partial charge in [-0.3, -0.25) is 4.79 Å². The van der Waals surface area contributed by atoms with Crippen molar-refractivity contribution in [2.24, 2.45) is 0 Å². The highest BCUT2D eigenvalue weighted by Gasteiger charge is 2.16. The first-order valence-electron chi connectivity index (χ1n) is 7.50. The maximum absolute atomic E-state index is 12.1. The average molecular weight is 333 g/mol. The normalized spacial score (nSPS) is 17.7. The number of benzene rings is 1. The van der Waals surface area contributed by atoms with Crippen molar-refractivity contribution in [2.45, 2.75) is 19.1 Å². The van der Waals surface area contributed by atoms with Crippen LogP contribution in [0.1, 0.15) is 12.1 Å². The molecular formula is C16H19N3O3S. The topological polar surface area (TPSA) is 72.5 Å². The number of anilines is 1. The zero-order chi connectivity index (χ0) is 15.9. The third-order valence-corrected chi connectivity index (χ3v) is 4.05. The smallest absolute Gasteiger partial charge is 0.226 e. The predicted octanol–water partition coefficient (Wildman–Crippen LogP) is 2.04. The monoisotopic (exact) mass is 333 g/mol. The van der Waals surface area contributed by atoms with Gasteiger partial charge in [0.05, 0.1) is 24.4 Å². The molecule has 1 atom stereocenters. The minimum absolute atomic E-state index is 0.0374. The first-order valence-corrected chi connectivity index (χ1v) is 8.45. The average Bonchev–Trinajstić information content (AvgIpc) is 3.07. The first kappa shape index (κ1) is 15.9. The maximum atomic E-state index is 12.1. The molecule has 1 unspecified atom stereocenters. The summed E-state index contributed by atoms with van der Waals surface area (Å²) in [6.07, 6.45) is 0.393. The molecule has 1 fully saturated rings. The van der Waals surface area contributed by atoms with Crippen molar-refractivity contribution >= 4 is 22.9 Å². The van der Waals surface area contributed by atoms with E-state index in [1.165, 1.54) is 11.3 Å². The quantitative estimate of drug-likeness (QED) is 0.846. The molecule has 0 spiro atoms. The molecule has 3 rings (SSSR count). The second-order valence-electron chi connectivity index (χ2n) is 5.27. The summed E-state index contributed by atoms with van der Waals surface area (Å²) in [4.78, 5) is 16.3. The first-order chi connectivity index (χ1) is 11.3. The summed E-state index contributed by atoms with van der Waals surface area (Å²) < 4.78 is 11.0. The highest BCUT2D eigenvalue weighted by atomic mass is 32.1. The Morgan fingerprint density at radius 1 is 1.52 bits per heavy atom. The zero-order valence-corrected chi connectivity index (χ0v) is 13.5. The molecule has 2 heterocycles. The molecule has 23 heavy (non-hydrogen) atoms. The van der Waals surface area contributed by atoms with Crippen molar-refractivity contribution in [1.29, 1.82) is 0 Å². The molecule has 1 saturated heterocycles. The van der Waals surface area contributed by atoms with Gasteiger partial charge in [-0.2, -0.15) is 0 Å². The number of nitrogens with zero attached hydrogens (tertiary/aromatic N) is 1. The molecular weight excluding hydrogens is 314 g/mol. The molecule has 7 heteroatoms. The van der Waals surface area contributed by atoms with Crippen molar-refractivity contribution in [3.05, 3.63) is 40.8 Å². The summed E-state index contributed by atoms with van der Waals surface area (Å²) in [5, 5.41) is 8.11. The van der Waals surface area contributed by atoms with Crippen LogP contribution in [0, 0.1) is 0 Å². The summed E-state index contributed by atoms with van der Waals surface area (Å²) >= 11 is 1.54. The standard InChI is InChI=1S/C16H19N3O3S/c20-16(7-13-8-21-5-4-17-13)19-12-2-1-3-15(6-12)22-9-14-10-23-11-18-14/h1-3,6,10-11,13,17H,4-5,7-9H2,(H,19,20). The molecule has 2 aromatic rings. The van der Waals surface area contributed by atoms with Crippen LogP contribution < -0.4 is 15.4 Å². The van der Waals surface area contributed by atoms with E-state index >= 15 is 0 Å². The van der Waals surface area contributed by atoms with Gasteiger partial charge >= 0.3 is 0 Å².